The lowest BCUT2D eigenvalue weighted by Crippen LogP contribution is -2.45. The number of hydrogen-bond acceptors (Lipinski definition) is 9. The number of nitrogen functional groups attached to an aromatic ring is 1. The highest BCUT2D eigenvalue weighted by atomic mass is 19.4. The van der Waals surface area contributed by atoms with Crippen molar-refractivity contribution in [2.24, 2.45) is 7.05 Å². The summed E-state index contributed by atoms with van der Waals surface area (Å²) >= 11 is 0. The molecule has 2 aromatic carbocycles. The lowest BCUT2D eigenvalue weighted by molar-refractivity contribution is -0.138. The molecule has 2 aromatic heterocycles. The summed E-state index contributed by atoms with van der Waals surface area (Å²) in [7, 11) is 1.80. The molecular formula is C42H46F3N9O4. The Morgan fingerprint density at radius 2 is 1.66 bits per heavy atom. The SMILES string of the molecule is CCN1CCN(Cc2ccc(NC(=O)N3CCc4ccc(C#Cc5cnc(N)nc5-c5cc6c(n5C)CCN(C(=O)OC(C)(C)C)C6=O)cc43)cc2C(F)(F)F)CC1. The fraction of sp³-hybridized carbons (Fsp3) is 0.405. The van der Waals surface area contributed by atoms with Crippen molar-refractivity contribution in [2.45, 2.75) is 58.9 Å². The number of nitrogens with two attached hydrogens (primary N) is 1. The molecule has 4 aromatic rings. The molecule has 304 valence electrons. The Kier molecular flexibility index (Phi) is 11.0. The van der Waals surface area contributed by atoms with E-state index in [0.29, 0.717) is 66.2 Å². The summed E-state index contributed by atoms with van der Waals surface area (Å²) in [6.45, 7) is 11.9. The minimum Gasteiger partial charge on any atom is -0.443 e. The number of rotatable bonds is 5. The van der Waals surface area contributed by atoms with E-state index in [1.165, 1.54) is 23.2 Å². The molecule has 58 heavy (non-hydrogen) atoms. The molecule has 1 saturated heterocycles. The zero-order chi connectivity index (χ0) is 41.5. The Balaban J connectivity index is 1.10. The van der Waals surface area contributed by atoms with Gasteiger partial charge in [-0.3, -0.25) is 14.6 Å². The van der Waals surface area contributed by atoms with E-state index in [9.17, 15) is 27.6 Å². The second-order valence-electron chi connectivity index (χ2n) is 15.6. The smallest absolute Gasteiger partial charge is 0.417 e. The molecule has 7 rings (SSSR count). The first-order valence-corrected chi connectivity index (χ1v) is 19.2. The average Bonchev–Trinajstić information content (AvgIpc) is 3.75. The molecule has 0 bridgehead atoms. The summed E-state index contributed by atoms with van der Waals surface area (Å²) < 4.78 is 50.1. The summed E-state index contributed by atoms with van der Waals surface area (Å²) in [5, 5.41) is 2.68. The number of fused-ring (bicyclic) bond motifs is 2. The Morgan fingerprint density at radius 3 is 2.36 bits per heavy atom. The number of carbonyl (C=O) groups excluding carboxylic acids is 3. The van der Waals surface area contributed by atoms with Crippen LogP contribution in [0, 0.1) is 11.8 Å². The van der Waals surface area contributed by atoms with Crippen molar-refractivity contribution in [3.8, 4) is 23.2 Å². The van der Waals surface area contributed by atoms with Gasteiger partial charge in [0.15, 0.2) is 0 Å². The van der Waals surface area contributed by atoms with E-state index < -0.39 is 35.4 Å². The third kappa shape index (κ3) is 8.51. The number of likely N-dealkylation sites (N-methyl/N-ethyl adjacent to an activating group) is 1. The van der Waals surface area contributed by atoms with E-state index >= 15 is 0 Å². The highest BCUT2D eigenvalue weighted by Crippen LogP contribution is 2.36. The van der Waals surface area contributed by atoms with Gasteiger partial charge in [-0.2, -0.15) is 13.2 Å². The van der Waals surface area contributed by atoms with Crippen molar-refractivity contribution in [1.82, 2.24) is 29.2 Å². The van der Waals surface area contributed by atoms with E-state index in [1.807, 2.05) is 21.6 Å². The largest absolute Gasteiger partial charge is 0.443 e. The van der Waals surface area contributed by atoms with Crippen molar-refractivity contribution < 1.29 is 32.3 Å². The predicted molar refractivity (Wildman–Crippen MR) is 213 cm³/mol. The molecule has 4 amide bonds. The fourth-order valence-electron chi connectivity index (χ4n) is 7.55. The highest BCUT2D eigenvalue weighted by molar-refractivity contribution is 6.06. The summed E-state index contributed by atoms with van der Waals surface area (Å²) in [4.78, 5) is 55.4. The average molecular weight is 798 g/mol. The maximum absolute atomic E-state index is 14.3. The second kappa shape index (κ2) is 15.8. The fourth-order valence-corrected chi connectivity index (χ4v) is 7.55. The lowest BCUT2D eigenvalue weighted by atomic mass is 10.0. The van der Waals surface area contributed by atoms with Crippen LogP contribution in [-0.2, 0) is 37.3 Å². The summed E-state index contributed by atoms with van der Waals surface area (Å²) in [6.07, 6.45) is -2.85. The van der Waals surface area contributed by atoms with Crippen LogP contribution in [0.3, 0.4) is 0 Å². The third-order valence-electron chi connectivity index (χ3n) is 10.6. The second-order valence-corrected chi connectivity index (χ2v) is 15.6. The van der Waals surface area contributed by atoms with Gasteiger partial charge < -0.3 is 25.3 Å². The molecule has 0 saturated carbocycles. The first-order chi connectivity index (χ1) is 27.5. The number of halogens is 3. The Bertz CT molecular complexity index is 2330. The molecule has 3 aliphatic heterocycles. The number of nitrogens with one attached hydrogen (secondary N) is 1. The van der Waals surface area contributed by atoms with Gasteiger partial charge >= 0.3 is 18.3 Å². The summed E-state index contributed by atoms with van der Waals surface area (Å²) in [5.41, 5.74) is 9.20. The van der Waals surface area contributed by atoms with Crippen LogP contribution in [0.4, 0.5) is 40.1 Å². The van der Waals surface area contributed by atoms with E-state index in [0.717, 1.165) is 41.9 Å². The number of benzene rings is 2. The summed E-state index contributed by atoms with van der Waals surface area (Å²) in [6, 6.07) is 10.6. The molecule has 0 unspecified atom stereocenters. The van der Waals surface area contributed by atoms with Gasteiger partial charge in [-0.05, 0) is 75.2 Å². The number of imide groups is 1. The number of nitrogens with zero attached hydrogens (tertiary/aromatic N) is 7. The van der Waals surface area contributed by atoms with Gasteiger partial charge in [-0.25, -0.2) is 24.5 Å². The minimum atomic E-state index is -4.59. The number of amides is 4. The van der Waals surface area contributed by atoms with Gasteiger partial charge in [0.2, 0.25) is 5.95 Å². The monoisotopic (exact) mass is 797 g/mol. The highest BCUT2D eigenvalue weighted by Gasteiger charge is 2.36. The van der Waals surface area contributed by atoms with Gasteiger partial charge in [0.25, 0.3) is 5.91 Å². The van der Waals surface area contributed by atoms with Crippen LogP contribution >= 0.6 is 0 Å². The molecule has 5 heterocycles. The first kappa shape index (κ1) is 40.3. The maximum Gasteiger partial charge on any atom is 0.417 e. The van der Waals surface area contributed by atoms with Gasteiger partial charge in [0.1, 0.15) is 11.3 Å². The number of piperazine rings is 1. The summed E-state index contributed by atoms with van der Waals surface area (Å²) in [5.74, 6) is 5.77. The van der Waals surface area contributed by atoms with E-state index in [4.69, 9.17) is 10.5 Å². The first-order valence-electron chi connectivity index (χ1n) is 19.2. The van der Waals surface area contributed by atoms with Crippen LogP contribution < -0.4 is 16.0 Å². The standard InChI is InChI=1S/C42H46F3N9O4/c1-6-51-17-19-52(20-18-51)25-29-11-12-30(22-32(29)42(43,44)45)48-39(56)53-15-13-27-9-7-26(21-34(27)53)8-10-28-24-47-38(46)49-36(28)35-23-31-33(50(35)5)14-16-54(37(31)55)40(57)58-41(2,3)4/h7,9,11-12,21-24H,6,13-20,25H2,1-5H3,(H,48,56)(H2,46,47,49). The number of carbonyl (C=O) groups is 3. The molecule has 0 radical (unpaired) electrons. The van der Waals surface area contributed by atoms with Crippen LogP contribution in [-0.4, -0.2) is 98.7 Å². The van der Waals surface area contributed by atoms with Crippen LogP contribution in [0.25, 0.3) is 11.4 Å². The number of aromatic nitrogens is 3. The molecule has 0 aliphatic carbocycles. The molecule has 16 heteroatoms. The quantitative estimate of drug-likeness (QED) is 0.228. The zero-order valence-corrected chi connectivity index (χ0v) is 33.2. The number of anilines is 3. The van der Waals surface area contributed by atoms with Crippen LogP contribution in [0.1, 0.15) is 71.6 Å². The molecule has 13 nitrogen and oxygen atoms in total. The van der Waals surface area contributed by atoms with Gasteiger partial charge in [-0.15, -0.1) is 0 Å². The van der Waals surface area contributed by atoms with Crippen molar-refractivity contribution in [1.29, 1.82) is 0 Å². The predicted octanol–water partition coefficient (Wildman–Crippen LogP) is 6.15. The Labute approximate surface area is 334 Å². The van der Waals surface area contributed by atoms with E-state index in [2.05, 4.69) is 38.9 Å². The Hall–Kier alpha value is -5.92. The van der Waals surface area contributed by atoms with Crippen molar-refractivity contribution in [3.63, 3.8) is 0 Å². The van der Waals surface area contributed by atoms with Crippen LogP contribution in [0.5, 0.6) is 0 Å². The van der Waals surface area contributed by atoms with Gasteiger partial charge in [0, 0.05) is 88.1 Å². The van der Waals surface area contributed by atoms with Crippen molar-refractivity contribution >= 4 is 35.4 Å². The maximum atomic E-state index is 14.3. The zero-order valence-electron chi connectivity index (χ0n) is 33.2. The van der Waals surface area contributed by atoms with Crippen molar-refractivity contribution in [2.75, 3.05) is 61.8 Å². The molecular weight excluding hydrogens is 752 g/mol. The molecule has 0 atom stereocenters. The number of ether oxygens (including phenoxy) is 1. The number of hydrogen-bond donors (Lipinski definition) is 2. The van der Waals surface area contributed by atoms with E-state index in [-0.39, 0.29) is 30.3 Å². The van der Waals surface area contributed by atoms with E-state index in [1.54, 1.807) is 40.0 Å². The van der Waals surface area contributed by atoms with Crippen molar-refractivity contribution in [3.05, 3.63) is 87.7 Å². The topological polar surface area (TPSA) is 142 Å². The number of alkyl halides is 3. The lowest BCUT2D eigenvalue weighted by Gasteiger charge is -2.34. The Morgan fingerprint density at radius 1 is 0.931 bits per heavy atom. The van der Waals surface area contributed by atoms with Gasteiger partial charge in [-0.1, -0.05) is 30.9 Å². The molecule has 3 aliphatic rings. The number of urea groups is 1. The molecule has 1 fully saturated rings. The minimum absolute atomic E-state index is 0.00285. The third-order valence-corrected chi connectivity index (χ3v) is 10.6. The molecule has 0 spiro atoms. The van der Waals surface area contributed by atoms with Gasteiger partial charge in [0.05, 0.1) is 22.4 Å². The van der Waals surface area contributed by atoms with Crippen LogP contribution in [0.2, 0.25) is 0 Å². The molecule has 3 N–H and O–H groups in total. The normalized spacial score (nSPS) is 16.1. The van der Waals surface area contributed by atoms with Crippen LogP contribution in [0.15, 0.2) is 48.7 Å².